The fraction of sp³-hybridized carbons (Fsp3) is 0.387. The van der Waals surface area contributed by atoms with E-state index in [1.807, 2.05) is 12.1 Å². The Morgan fingerprint density at radius 3 is 2.19 bits per heavy atom. The summed E-state index contributed by atoms with van der Waals surface area (Å²) in [5.74, 6) is 0.805. The molecule has 0 spiro atoms. The van der Waals surface area contributed by atoms with Crippen LogP contribution in [0.3, 0.4) is 0 Å². The van der Waals surface area contributed by atoms with Crippen molar-refractivity contribution in [1.29, 1.82) is 0 Å². The maximum Gasteiger partial charge on any atom is 0.265 e. The summed E-state index contributed by atoms with van der Waals surface area (Å²) in [6.45, 7) is 2.83. The number of nitrogens with zero attached hydrogens (tertiary/aromatic N) is 2. The molecule has 1 aliphatic heterocycles. The van der Waals surface area contributed by atoms with Gasteiger partial charge in [-0.25, -0.2) is 8.42 Å². The molecule has 3 aromatic carbocycles. The highest BCUT2D eigenvalue weighted by atomic mass is 32.2. The molecule has 0 atom stereocenters. The molecule has 11 heteroatoms. The van der Waals surface area contributed by atoms with Crippen LogP contribution in [0.15, 0.2) is 65.6 Å². The van der Waals surface area contributed by atoms with Gasteiger partial charge in [0.2, 0.25) is 5.91 Å². The third-order valence-electron chi connectivity index (χ3n) is 7.22. The van der Waals surface area contributed by atoms with Gasteiger partial charge in [-0.2, -0.15) is 0 Å². The molecule has 42 heavy (non-hydrogen) atoms. The first-order valence-corrected chi connectivity index (χ1v) is 15.3. The van der Waals surface area contributed by atoms with Gasteiger partial charge in [0.25, 0.3) is 10.0 Å². The summed E-state index contributed by atoms with van der Waals surface area (Å²) < 4.78 is 50.6. The number of piperidine rings is 1. The standard InChI is InChI=1S/C31H39N3O7S/c1-38-25-11-13-28(39-2)27(18-25)34(42(36,37)26-12-14-29(40-3)30(19-26)41-4)22-31(35)32-20-23-9-8-10-24(17-23)21-33-15-6-5-7-16-33/h8-14,17-19H,5-7,15-16,20-22H2,1-4H3,(H,32,35). The maximum atomic E-state index is 14.1. The number of hydrogen-bond donors (Lipinski definition) is 1. The van der Waals surface area contributed by atoms with Crippen LogP contribution in [-0.2, 0) is 27.9 Å². The monoisotopic (exact) mass is 597 g/mol. The summed E-state index contributed by atoms with van der Waals surface area (Å²) >= 11 is 0. The van der Waals surface area contributed by atoms with E-state index in [9.17, 15) is 13.2 Å². The number of carbonyl (C=O) groups excluding carboxylic acids is 1. The Bertz CT molecular complexity index is 1470. The first kappa shape index (κ1) is 31.0. The fourth-order valence-corrected chi connectivity index (χ4v) is 6.44. The number of ether oxygens (including phenoxy) is 4. The number of hydrogen-bond acceptors (Lipinski definition) is 8. The lowest BCUT2D eigenvalue weighted by Crippen LogP contribution is -2.41. The minimum absolute atomic E-state index is 0.0803. The highest BCUT2D eigenvalue weighted by Gasteiger charge is 2.31. The summed E-state index contributed by atoms with van der Waals surface area (Å²) in [5.41, 5.74) is 2.28. The first-order valence-electron chi connectivity index (χ1n) is 13.8. The fourth-order valence-electron chi connectivity index (χ4n) is 5.00. The molecule has 4 rings (SSSR count). The first-order chi connectivity index (χ1) is 20.3. The van der Waals surface area contributed by atoms with Gasteiger partial charge in [0.15, 0.2) is 11.5 Å². The van der Waals surface area contributed by atoms with Crippen molar-refractivity contribution in [3.05, 3.63) is 71.8 Å². The Morgan fingerprint density at radius 2 is 1.50 bits per heavy atom. The number of amides is 1. The number of benzene rings is 3. The Kier molecular flexibility index (Phi) is 10.5. The third kappa shape index (κ3) is 7.46. The lowest BCUT2D eigenvalue weighted by atomic mass is 10.1. The second-order valence-corrected chi connectivity index (χ2v) is 11.9. The molecule has 1 saturated heterocycles. The quantitative estimate of drug-likeness (QED) is 0.312. The summed E-state index contributed by atoms with van der Waals surface area (Å²) in [4.78, 5) is 15.7. The van der Waals surface area contributed by atoms with Crippen molar-refractivity contribution in [2.75, 3.05) is 52.4 Å². The van der Waals surface area contributed by atoms with Gasteiger partial charge in [-0.1, -0.05) is 30.7 Å². The Labute approximate surface area is 248 Å². The van der Waals surface area contributed by atoms with Gasteiger partial charge in [0, 0.05) is 25.2 Å². The van der Waals surface area contributed by atoms with Gasteiger partial charge in [-0.15, -0.1) is 0 Å². The molecule has 0 aromatic heterocycles. The summed E-state index contributed by atoms with van der Waals surface area (Å²) in [6.07, 6.45) is 3.72. The van der Waals surface area contributed by atoms with E-state index in [4.69, 9.17) is 18.9 Å². The van der Waals surface area contributed by atoms with E-state index in [2.05, 4.69) is 22.3 Å². The van der Waals surface area contributed by atoms with Gasteiger partial charge in [0.1, 0.15) is 18.0 Å². The molecule has 0 unspecified atom stereocenters. The second-order valence-electron chi connectivity index (χ2n) is 10.00. The summed E-state index contributed by atoms with van der Waals surface area (Å²) in [6, 6.07) is 17.1. The van der Waals surface area contributed by atoms with Crippen molar-refractivity contribution in [2.24, 2.45) is 0 Å². The average molecular weight is 598 g/mol. The van der Waals surface area contributed by atoms with Crippen LogP contribution in [0.1, 0.15) is 30.4 Å². The topological polar surface area (TPSA) is 107 Å². The van der Waals surface area contributed by atoms with Crippen molar-refractivity contribution in [3.8, 4) is 23.0 Å². The zero-order valence-electron chi connectivity index (χ0n) is 24.6. The highest BCUT2D eigenvalue weighted by molar-refractivity contribution is 7.92. The summed E-state index contributed by atoms with van der Waals surface area (Å²) in [5, 5.41) is 2.89. The van der Waals surface area contributed by atoms with Crippen LogP contribution in [0.5, 0.6) is 23.0 Å². The predicted molar refractivity (Wildman–Crippen MR) is 161 cm³/mol. The van der Waals surface area contributed by atoms with Crippen LogP contribution in [0.4, 0.5) is 5.69 Å². The lowest BCUT2D eigenvalue weighted by Gasteiger charge is -2.27. The molecule has 10 nitrogen and oxygen atoms in total. The number of rotatable bonds is 13. The van der Waals surface area contributed by atoms with Crippen LogP contribution < -0.4 is 28.6 Å². The molecule has 0 bridgehead atoms. The van der Waals surface area contributed by atoms with Crippen LogP contribution in [-0.4, -0.2) is 67.3 Å². The molecule has 1 amide bonds. The molecule has 0 aliphatic carbocycles. The van der Waals surface area contributed by atoms with E-state index in [1.165, 1.54) is 77.5 Å². The number of likely N-dealkylation sites (tertiary alicyclic amines) is 1. The van der Waals surface area contributed by atoms with Crippen LogP contribution in [0, 0.1) is 0 Å². The van der Waals surface area contributed by atoms with Gasteiger partial charge in [-0.3, -0.25) is 14.0 Å². The largest absolute Gasteiger partial charge is 0.497 e. The van der Waals surface area contributed by atoms with Crippen LogP contribution >= 0.6 is 0 Å². The lowest BCUT2D eigenvalue weighted by molar-refractivity contribution is -0.119. The smallest absolute Gasteiger partial charge is 0.265 e. The number of methoxy groups -OCH3 is 4. The maximum absolute atomic E-state index is 14.1. The van der Waals surface area contributed by atoms with E-state index in [1.54, 1.807) is 12.1 Å². The van der Waals surface area contributed by atoms with Crippen molar-refractivity contribution in [1.82, 2.24) is 10.2 Å². The van der Waals surface area contributed by atoms with E-state index < -0.39 is 22.5 Å². The van der Waals surface area contributed by atoms with Gasteiger partial charge in [-0.05, 0) is 61.3 Å². The zero-order chi connectivity index (χ0) is 30.1. The predicted octanol–water partition coefficient (Wildman–Crippen LogP) is 4.22. The van der Waals surface area contributed by atoms with E-state index >= 15 is 0 Å². The van der Waals surface area contributed by atoms with E-state index in [-0.39, 0.29) is 28.6 Å². The number of anilines is 1. The van der Waals surface area contributed by atoms with Crippen LogP contribution in [0.25, 0.3) is 0 Å². The second kappa shape index (κ2) is 14.3. The molecule has 3 aromatic rings. The van der Waals surface area contributed by atoms with Crippen molar-refractivity contribution in [2.45, 2.75) is 37.2 Å². The number of nitrogens with one attached hydrogen (secondary N) is 1. The van der Waals surface area contributed by atoms with Crippen molar-refractivity contribution in [3.63, 3.8) is 0 Å². The SMILES string of the molecule is COc1ccc(OC)c(N(CC(=O)NCc2cccc(CN3CCCCC3)c2)S(=O)(=O)c2ccc(OC)c(OC)c2)c1. The van der Waals surface area contributed by atoms with Gasteiger partial charge < -0.3 is 24.3 Å². The Morgan fingerprint density at radius 1 is 0.810 bits per heavy atom. The highest BCUT2D eigenvalue weighted by Crippen LogP contribution is 2.37. The zero-order valence-corrected chi connectivity index (χ0v) is 25.4. The normalized spacial score (nSPS) is 13.7. The minimum Gasteiger partial charge on any atom is -0.497 e. The number of carbonyl (C=O) groups is 1. The third-order valence-corrected chi connectivity index (χ3v) is 8.98. The molecule has 0 radical (unpaired) electrons. The number of sulfonamides is 1. The summed E-state index contributed by atoms with van der Waals surface area (Å²) in [7, 11) is 1.52. The van der Waals surface area contributed by atoms with Crippen molar-refractivity contribution >= 4 is 21.6 Å². The molecule has 1 fully saturated rings. The van der Waals surface area contributed by atoms with Gasteiger partial charge >= 0.3 is 0 Å². The minimum atomic E-state index is -4.27. The van der Waals surface area contributed by atoms with Crippen LogP contribution in [0.2, 0.25) is 0 Å². The van der Waals surface area contributed by atoms with E-state index in [0.717, 1.165) is 29.5 Å². The molecule has 1 N–H and O–H groups in total. The molecule has 226 valence electrons. The molecule has 1 heterocycles. The molecular formula is C31H39N3O7S. The van der Waals surface area contributed by atoms with Gasteiger partial charge in [0.05, 0.1) is 39.0 Å². The molecule has 0 saturated carbocycles. The Balaban J connectivity index is 1.59. The van der Waals surface area contributed by atoms with Crippen molar-refractivity contribution < 1.29 is 32.2 Å². The Hall–Kier alpha value is -3.96. The molecule has 1 aliphatic rings. The molecular weight excluding hydrogens is 558 g/mol. The average Bonchev–Trinajstić information content (AvgIpc) is 3.02. The van der Waals surface area contributed by atoms with E-state index in [0.29, 0.717) is 11.5 Å².